The van der Waals surface area contributed by atoms with Crippen molar-refractivity contribution in [1.82, 2.24) is 15.3 Å². The van der Waals surface area contributed by atoms with Crippen LogP contribution in [0.1, 0.15) is 32.3 Å². The molecular weight excluding hydrogens is 290 g/mol. The molecule has 1 aromatic heterocycles. The minimum absolute atomic E-state index is 0.0963. The van der Waals surface area contributed by atoms with Crippen molar-refractivity contribution >= 4 is 0 Å². The zero-order valence-electron chi connectivity index (χ0n) is 12.2. The highest BCUT2D eigenvalue weighted by molar-refractivity contribution is 5.02. The van der Waals surface area contributed by atoms with Crippen LogP contribution in [0.4, 0.5) is 17.6 Å². The molecule has 8 heteroatoms. The molecule has 0 atom stereocenters. The van der Waals surface area contributed by atoms with E-state index in [4.69, 9.17) is 0 Å². The molecule has 0 aromatic carbocycles. The summed E-state index contributed by atoms with van der Waals surface area (Å²) in [6, 6.07) is 1.68. The minimum Gasteiger partial charge on any atom is -0.367 e. The van der Waals surface area contributed by atoms with Crippen molar-refractivity contribution in [2.45, 2.75) is 51.8 Å². The molecule has 1 heterocycles. The molecule has 0 fully saturated rings. The largest absolute Gasteiger partial charge is 0.367 e. The van der Waals surface area contributed by atoms with E-state index in [1.54, 1.807) is 6.07 Å². The predicted molar refractivity (Wildman–Crippen MR) is 69.2 cm³/mol. The summed E-state index contributed by atoms with van der Waals surface area (Å²) in [5, 5.41) is 3.21. The molecule has 1 N–H and O–H groups in total. The van der Waals surface area contributed by atoms with Gasteiger partial charge in [0.2, 0.25) is 0 Å². The van der Waals surface area contributed by atoms with Gasteiger partial charge in [-0.3, -0.25) is 0 Å². The maximum atomic E-state index is 12.7. The number of rotatable bonds is 7. The van der Waals surface area contributed by atoms with Gasteiger partial charge in [-0.2, -0.15) is 8.78 Å². The average Bonchev–Trinajstić information content (AvgIpc) is 2.36. The van der Waals surface area contributed by atoms with Crippen molar-refractivity contribution in [3.05, 3.63) is 23.8 Å². The molecule has 0 saturated carbocycles. The lowest BCUT2D eigenvalue weighted by atomic mass is 10.1. The highest BCUT2D eigenvalue weighted by Gasteiger charge is 2.40. The van der Waals surface area contributed by atoms with E-state index in [1.807, 2.05) is 20.8 Å². The van der Waals surface area contributed by atoms with Crippen LogP contribution in [0, 0.1) is 0 Å². The lowest BCUT2D eigenvalue weighted by Gasteiger charge is -2.20. The van der Waals surface area contributed by atoms with E-state index in [9.17, 15) is 17.6 Å². The second-order valence-corrected chi connectivity index (χ2v) is 5.62. The highest BCUT2D eigenvalue weighted by atomic mass is 19.3. The van der Waals surface area contributed by atoms with E-state index < -0.39 is 19.0 Å². The molecule has 21 heavy (non-hydrogen) atoms. The quantitative estimate of drug-likeness (QED) is 0.787. The molecule has 120 valence electrons. The molecule has 0 unspecified atom stereocenters. The van der Waals surface area contributed by atoms with Crippen LogP contribution in [0.15, 0.2) is 12.3 Å². The van der Waals surface area contributed by atoms with Gasteiger partial charge in [0.05, 0.1) is 5.69 Å². The smallest absolute Gasteiger partial charge is 0.330 e. The van der Waals surface area contributed by atoms with Crippen molar-refractivity contribution < 1.29 is 22.3 Å². The van der Waals surface area contributed by atoms with E-state index in [-0.39, 0.29) is 18.0 Å². The summed E-state index contributed by atoms with van der Waals surface area (Å²) in [6.07, 6.45) is -2.28. The normalized spacial score (nSPS) is 13.0. The monoisotopic (exact) mass is 309 g/mol. The van der Waals surface area contributed by atoms with Crippen molar-refractivity contribution in [1.29, 1.82) is 0 Å². The van der Waals surface area contributed by atoms with Gasteiger partial charge in [-0.1, -0.05) is 0 Å². The van der Waals surface area contributed by atoms with Gasteiger partial charge in [0.15, 0.2) is 5.82 Å². The van der Waals surface area contributed by atoms with Crippen LogP contribution < -0.4 is 5.32 Å². The highest BCUT2D eigenvalue weighted by Crippen LogP contribution is 2.23. The second-order valence-electron chi connectivity index (χ2n) is 5.62. The Labute approximate surface area is 120 Å². The van der Waals surface area contributed by atoms with Gasteiger partial charge in [0.25, 0.3) is 0 Å². The molecule has 1 aromatic rings. The Balaban J connectivity index is 2.50. The van der Waals surface area contributed by atoms with Crippen molar-refractivity contribution in [3.63, 3.8) is 0 Å². The Bertz CT molecular complexity index is 449. The van der Waals surface area contributed by atoms with Crippen molar-refractivity contribution in [2.24, 2.45) is 0 Å². The molecule has 0 aliphatic rings. The number of ether oxygens (including phenoxy) is 1. The number of aromatic nitrogens is 2. The van der Waals surface area contributed by atoms with E-state index in [2.05, 4.69) is 20.0 Å². The first-order valence-electron chi connectivity index (χ1n) is 6.40. The first-order chi connectivity index (χ1) is 9.60. The molecule has 0 bridgehead atoms. The van der Waals surface area contributed by atoms with Gasteiger partial charge in [-0.15, -0.1) is 0 Å². The molecule has 0 saturated heterocycles. The van der Waals surface area contributed by atoms with Crippen molar-refractivity contribution in [3.8, 4) is 0 Å². The standard InChI is InChI=1S/C13H19F4N3O/c1-12(2,3)19-6-9-4-5-18-10(20-9)7-21-8-13(16,17)11(14)15/h4-5,11,19H,6-8H2,1-3H3. The van der Waals surface area contributed by atoms with Crippen LogP contribution in [-0.2, 0) is 17.9 Å². The van der Waals surface area contributed by atoms with Crippen LogP contribution in [0.2, 0.25) is 0 Å². The molecule has 4 nitrogen and oxygen atoms in total. The maximum absolute atomic E-state index is 12.7. The van der Waals surface area contributed by atoms with Crippen molar-refractivity contribution in [2.75, 3.05) is 6.61 Å². The predicted octanol–water partition coefficient (Wildman–Crippen LogP) is 2.78. The van der Waals surface area contributed by atoms with E-state index in [1.165, 1.54) is 6.20 Å². The van der Waals surface area contributed by atoms with Gasteiger partial charge in [0, 0.05) is 18.3 Å². The molecule has 0 spiro atoms. The van der Waals surface area contributed by atoms with Gasteiger partial charge in [-0.05, 0) is 26.8 Å². The van der Waals surface area contributed by atoms with Crippen LogP contribution in [0.25, 0.3) is 0 Å². The number of nitrogens with one attached hydrogen (secondary N) is 1. The average molecular weight is 309 g/mol. The summed E-state index contributed by atoms with van der Waals surface area (Å²) in [5.41, 5.74) is 0.570. The lowest BCUT2D eigenvalue weighted by Crippen LogP contribution is -2.35. The summed E-state index contributed by atoms with van der Waals surface area (Å²) in [7, 11) is 0. The fraction of sp³-hybridized carbons (Fsp3) is 0.692. The topological polar surface area (TPSA) is 47.0 Å². The third-order valence-corrected chi connectivity index (χ3v) is 2.41. The first kappa shape index (κ1) is 17.8. The molecule has 0 amide bonds. The maximum Gasteiger partial charge on any atom is 0.330 e. The lowest BCUT2D eigenvalue weighted by molar-refractivity contribution is -0.168. The zero-order valence-corrected chi connectivity index (χ0v) is 12.2. The third kappa shape index (κ3) is 6.81. The number of alkyl halides is 4. The number of nitrogens with zero attached hydrogens (tertiary/aromatic N) is 2. The number of hydrogen-bond acceptors (Lipinski definition) is 4. The molecular formula is C13H19F4N3O. The summed E-state index contributed by atoms with van der Waals surface area (Å²) >= 11 is 0. The van der Waals surface area contributed by atoms with Gasteiger partial charge < -0.3 is 10.1 Å². The van der Waals surface area contributed by atoms with Crippen LogP contribution >= 0.6 is 0 Å². The van der Waals surface area contributed by atoms with Gasteiger partial charge in [-0.25, -0.2) is 18.7 Å². The van der Waals surface area contributed by atoms with Crippen LogP contribution in [-0.4, -0.2) is 34.5 Å². The fourth-order valence-corrected chi connectivity index (χ4v) is 1.31. The molecule has 1 rings (SSSR count). The minimum atomic E-state index is -4.16. The summed E-state index contributed by atoms with van der Waals surface area (Å²) < 4.78 is 53.8. The van der Waals surface area contributed by atoms with E-state index in [0.29, 0.717) is 12.2 Å². The molecule has 0 aliphatic heterocycles. The van der Waals surface area contributed by atoms with Crippen LogP contribution in [0.5, 0.6) is 0 Å². The summed E-state index contributed by atoms with van der Waals surface area (Å²) in [5.74, 6) is -3.99. The number of hydrogen-bond donors (Lipinski definition) is 1. The molecule has 0 aliphatic carbocycles. The fourth-order valence-electron chi connectivity index (χ4n) is 1.31. The third-order valence-electron chi connectivity index (χ3n) is 2.41. The summed E-state index contributed by atoms with van der Waals surface area (Å²) in [6.45, 7) is 4.75. The van der Waals surface area contributed by atoms with Crippen LogP contribution in [0.3, 0.4) is 0 Å². The zero-order chi connectivity index (χ0) is 16.1. The summed E-state index contributed by atoms with van der Waals surface area (Å²) in [4.78, 5) is 7.96. The van der Waals surface area contributed by atoms with Gasteiger partial charge >= 0.3 is 12.3 Å². The molecule has 0 radical (unpaired) electrons. The Morgan fingerprint density at radius 2 is 1.95 bits per heavy atom. The Kier molecular flexibility index (Phi) is 6.03. The van der Waals surface area contributed by atoms with E-state index in [0.717, 1.165) is 0 Å². The van der Waals surface area contributed by atoms with Gasteiger partial charge in [0.1, 0.15) is 13.2 Å². The van der Waals surface area contributed by atoms with E-state index >= 15 is 0 Å². The second kappa shape index (κ2) is 7.13. The Hall–Kier alpha value is -1.28. The Morgan fingerprint density at radius 1 is 1.29 bits per heavy atom. The number of halogens is 4. The SMILES string of the molecule is CC(C)(C)NCc1ccnc(COCC(F)(F)C(F)F)n1. The first-order valence-corrected chi connectivity index (χ1v) is 6.40. The Morgan fingerprint density at radius 3 is 2.52 bits per heavy atom.